The van der Waals surface area contributed by atoms with Crippen LogP contribution in [0.4, 0.5) is 17.1 Å². The minimum atomic E-state index is -3.55. The molecule has 0 spiro atoms. The largest absolute Gasteiger partial charge is 0.391 e. The second-order valence-corrected chi connectivity index (χ2v) is 21.3. The fourth-order valence-corrected chi connectivity index (χ4v) is 10.1. The normalized spacial score (nSPS) is 16.6. The highest BCUT2D eigenvalue weighted by atomic mass is 35.5. The number of benzene rings is 4. The van der Waals surface area contributed by atoms with Crippen LogP contribution in [0.1, 0.15) is 52.9 Å². The maximum atomic E-state index is 11.7. The van der Waals surface area contributed by atoms with Gasteiger partial charge in [0, 0.05) is 59.5 Å². The van der Waals surface area contributed by atoms with Gasteiger partial charge in [0.25, 0.3) is 0 Å². The Morgan fingerprint density at radius 1 is 0.611 bits per heavy atom. The topological polar surface area (TPSA) is 270 Å². The molecule has 4 atom stereocenters. The summed E-state index contributed by atoms with van der Waals surface area (Å²) in [7, 11) is -7.04. The third kappa shape index (κ3) is 11.9. The third-order valence-electron chi connectivity index (χ3n) is 11.6. The van der Waals surface area contributed by atoms with Gasteiger partial charge in [0.2, 0.25) is 20.0 Å². The molecule has 0 radical (unpaired) electrons. The van der Waals surface area contributed by atoms with E-state index in [0.717, 1.165) is 40.3 Å². The zero-order valence-corrected chi connectivity index (χ0v) is 41.4. The van der Waals surface area contributed by atoms with Gasteiger partial charge in [-0.05, 0) is 69.8 Å². The molecule has 8 aromatic rings. The van der Waals surface area contributed by atoms with Gasteiger partial charge in [-0.15, -0.1) is 0 Å². The number of nitrogens with one attached hydrogen (secondary N) is 3. The molecule has 7 N–H and O–H groups in total. The van der Waals surface area contributed by atoms with Crippen molar-refractivity contribution in [2.24, 2.45) is 5.73 Å². The first-order valence-electron chi connectivity index (χ1n) is 21.4. The molecule has 368 valence electrons. The van der Waals surface area contributed by atoms with Crippen molar-refractivity contribution in [2.75, 3.05) is 27.3 Å². The van der Waals surface area contributed by atoms with Crippen molar-refractivity contribution in [2.45, 2.75) is 44.6 Å². The second kappa shape index (κ2) is 21.8. The summed E-state index contributed by atoms with van der Waals surface area (Å²) in [6.45, 7) is 0. The summed E-state index contributed by atoms with van der Waals surface area (Å²) in [6, 6.07) is 33.4. The van der Waals surface area contributed by atoms with Crippen LogP contribution in [0.3, 0.4) is 0 Å². The smallest absolute Gasteiger partial charge is 0.229 e. The highest BCUT2D eigenvalue weighted by Gasteiger charge is 2.32. The quantitative estimate of drug-likeness (QED) is 0.0774. The molecule has 0 aliphatic heterocycles. The Morgan fingerprint density at radius 3 is 1.61 bits per heavy atom. The van der Waals surface area contributed by atoms with Crippen LogP contribution in [0.25, 0.3) is 44.1 Å². The number of rotatable bonds is 8. The van der Waals surface area contributed by atoms with Crippen molar-refractivity contribution in [3.63, 3.8) is 0 Å². The molecule has 4 aromatic heterocycles. The van der Waals surface area contributed by atoms with Gasteiger partial charge in [-0.25, -0.2) is 26.8 Å². The summed E-state index contributed by atoms with van der Waals surface area (Å²) < 4.78 is 51.0. The molecular formula is C51H45Cl3N10O6S2. The van der Waals surface area contributed by atoms with Crippen molar-refractivity contribution >= 4 is 93.7 Å². The molecule has 4 aromatic carbocycles. The number of anilines is 3. The number of aliphatic hydroxyl groups is 2. The van der Waals surface area contributed by atoms with Gasteiger partial charge in [-0.1, -0.05) is 103 Å². The molecule has 0 amide bonds. The van der Waals surface area contributed by atoms with E-state index < -0.39 is 26.2 Å². The molecule has 72 heavy (non-hydrogen) atoms. The van der Waals surface area contributed by atoms with Crippen LogP contribution >= 0.6 is 34.8 Å². The molecule has 0 bridgehead atoms. The number of hydrogen-bond acceptors (Lipinski definition) is 14. The van der Waals surface area contributed by atoms with E-state index in [1.54, 1.807) is 36.5 Å². The lowest BCUT2D eigenvalue weighted by Crippen LogP contribution is -2.21. The summed E-state index contributed by atoms with van der Waals surface area (Å²) in [5.74, 6) is 0. The summed E-state index contributed by atoms with van der Waals surface area (Å²) >= 11 is 18.3. The highest BCUT2D eigenvalue weighted by Crippen LogP contribution is 2.39. The first-order valence-corrected chi connectivity index (χ1v) is 26.3. The SMILES string of the molecule is C.CS(=O)(=O)Nc1cc(-c2ccc3ncc(C#N)c(Cl)c3c2)cnc1Cl.CS(=O)(=O)Nc1cc(-c2ccc3ncc(C#N)c(NC4c5ccccc5CC4O)c3c2)cnc1Cl.NC1c2ccccc2CC1O. The molecule has 10 rings (SSSR count). The first kappa shape index (κ1) is 52.8. The maximum Gasteiger partial charge on any atom is 0.229 e. The molecule has 2 aliphatic carbocycles. The van der Waals surface area contributed by atoms with Crippen LogP contribution in [0, 0.1) is 22.7 Å². The van der Waals surface area contributed by atoms with E-state index in [1.165, 1.54) is 24.2 Å². The minimum absolute atomic E-state index is 0. The number of nitrogens with two attached hydrogens (primary N) is 1. The van der Waals surface area contributed by atoms with Crippen molar-refractivity contribution in [1.82, 2.24) is 19.9 Å². The average Bonchev–Trinajstić information content (AvgIpc) is 3.82. The van der Waals surface area contributed by atoms with E-state index >= 15 is 0 Å². The summed E-state index contributed by atoms with van der Waals surface area (Å²) in [4.78, 5) is 16.7. The maximum absolute atomic E-state index is 11.7. The standard InChI is InChI=1S/C25H20ClN5O3S.C16H10Cl2N4O2S.C9H11NO.CH4/c1-35(33,34)31-21-9-16(12-29-25(21)26)14-6-7-20-19(8-14)23(17(11-27)13-28-20)30-24-18-5-3-2-4-15(18)10-22(24)32;1-25(23,24)22-14-5-10(7-21-16(14)18)9-2-3-13-12(4-9)15(17)11(6-19)8-20-13;10-9-7-4-2-1-3-6(7)5-8(9)11;/h2-9,12-13,22,24,31-32H,10H2,1H3,(H,28,30);2-5,7-8,22H,1H3;1-4,8-9,11H,5,10H2;1H4. The zero-order chi connectivity index (χ0) is 50.8. The monoisotopic (exact) mass is 1060 g/mol. The van der Waals surface area contributed by atoms with E-state index in [-0.39, 0.29) is 52.9 Å². The van der Waals surface area contributed by atoms with Gasteiger partial charge >= 0.3 is 0 Å². The van der Waals surface area contributed by atoms with Crippen LogP contribution in [0.15, 0.2) is 122 Å². The van der Waals surface area contributed by atoms with Crippen LogP contribution in [0.2, 0.25) is 15.3 Å². The van der Waals surface area contributed by atoms with Crippen LogP contribution in [0.5, 0.6) is 0 Å². The lowest BCUT2D eigenvalue weighted by Gasteiger charge is -2.21. The second-order valence-electron chi connectivity index (χ2n) is 16.7. The molecule has 4 heterocycles. The number of fused-ring (bicyclic) bond motifs is 4. The van der Waals surface area contributed by atoms with E-state index in [2.05, 4.69) is 40.8 Å². The summed E-state index contributed by atoms with van der Waals surface area (Å²) in [6.07, 6.45) is 8.26. The van der Waals surface area contributed by atoms with Crippen LogP contribution in [-0.2, 0) is 32.9 Å². The van der Waals surface area contributed by atoms with Crippen molar-refractivity contribution in [3.8, 4) is 34.4 Å². The number of sulfonamides is 2. The molecule has 0 saturated heterocycles. The van der Waals surface area contributed by atoms with Gasteiger partial charge in [-0.3, -0.25) is 19.4 Å². The number of hydrogen-bond donors (Lipinski definition) is 6. The van der Waals surface area contributed by atoms with Crippen molar-refractivity contribution in [3.05, 3.63) is 171 Å². The fourth-order valence-electron chi connectivity index (χ4n) is 8.29. The first-order chi connectivity index (χ1) is 33.8. The molecule has 0 fully saturated rings. The predicted molar refractivity (Wildman–Crippen MR) is 284 cm³/mol. The number of nitrogens with zero attached hydrogens (tertiary/aromatic N) is 6. The van der Waals surface area contributed by atoms with E-state index in [1.807, 2.05) is 72.8 Å². The van der Waals surface area contributed by atoms with Gasteiger partial charge in [0.15, 0.2) is 10.3 Å². The van der Waals surface area contributed by atoms with Gasteiger partial charge in [-0.2, -0.15) is 10.5 Å². The number of pyridine rings is 4. The van der Waals surface area contributed by atoms with E-state index in [4.69, 9.17) is 45.8 Å². The summed E-state index contributed by atoms with van der Waals surface area (Å²) in [5.41, 5.74) is 15.6. The Morgan fingerprint density at radius 2 is 1.08 bits per heavy atom. The molecular weight excluding hydrogens is 1020 g/mol. The summed E-state index contributed by atoms with van der Waals surface area (Å²) in [5, 5.41) is 44.1. The molecule has 21 heteroatoms. The fraction of sp³-hybridized carbons (Fsp3) is 0.176. The van der Waals surface area contributed by atoms with Crippen LogP contribution in [-0.4, -0.2) is 71.7 Å². The molecule has 16 nitrogen and oxygen atoms in total. The van der Waals surface area contributed by atoms with E-state index in [0.29, 0.717) is 62.0 Å². The Bertz CT molecular complexity index is 3710. The average molecular weight is 1060 g/mol. The number of aliphatic hydroxyl groups excluding tert-OH is 2. The molecule has 0 saturated carbocycles. The lowest BCUT2D eigenvalue weighted by atomic mass is 10.0. The number of aromatic nitrogens is 4. The Labute approximate surface area is 431 Å². The lowest BCUT2D eigenvalue weighted by molar-refractivity contribution is 0.158. The third-order valence-corrected chi connectivity index (χ3v) is 13.8. The number of nitriles is 2. The van der Waals surface area contributed by atoms with Crippen molar-refractivity contribution in [1.29, 1.82) is 10.5 Å². The Hall–Kier alpha value is -6.97. The highest BCUT2D eigenvalue weighted by molar-refractivity contribution is 7.92. The molecule has 2 aliphatic rings. The van der Waals surface area contributed by atoms with Gasteiger partial charge in [0.1, 0.15) is 12.1 Å². The zero-order valence-electron chi connectivity index (χ0n) is 37.5. The number of halogens is 3. The van der Waals surface area contributed by atoms with Gasteiger partial charge in [0.05, 0.1) is 81.0 Å². The minimum Gasteiger partial charge on any atom is -0.391 e. The Kier molecular flexibility index (Phi) is 16.0. The Balaban J connectivity index is 0.000000178. The van der Waals surface area contributed by atoms with Crippen molar-refractivity contribution < 1.29 is 27.0 Å². The van der Waals surface area contributed by atoms with Gasteiger partial charge < -0.3 is 21.3 Å². The van der Waals surface area contributed by atoms with Crippen LogP contribution < -0.4 is 20.5 Å². The predicted octanol–water partition coefficient (Wildman–Crippen LogP) is 9.35. The molecule has 4 unspecified atom stereocenters. The van der Waals surface area contributed by atoms with E-state index in [9.17, 15) is 32.3 Å².